The van der Waals surface area contributed by atoms with Crippen molar-refractivity contribution < 1.29 is 9.84 Å². The van der Waals surface area contributed by atoms with E-state index >= 15 is 0 Å². The molecule has 0 spiro atoms. The number of aliphatic hydroxyl groups is 1. The predicted octanol–water partition coefficient (Wildman–Crippen LogP) is 0.239. The number of ether oxygens (including phenoxy) is 1. The van der Waals surface area contributed by atoms with Crippen molar-refractivity contribution in [3.8, 4) is 0 Å². The van der Waals surface area contributed by atoms with Crippen molar-refractivity contribution in [3.63, 3.8) is 0 Å². The quantitative estimate of drug-likeness (QED) is 0.548. The lowest BCUT2D eigenvalue weighted by molar-refractivity contribution is 0.171. The Kier molecular flexibility index (Phi) is 6.51. The monoisotopic (exact) mass is 161 g/mol. The molecule has 0 saturated carbocycles. The van der Waals surface area contributed by atoms with Crippen LogP contribution in [0.4, 0.5) is 0 Å². The Morgan fingerprint density at radius 3 is 2.45 bits per heavy atom. The molecule has 3 heteroatoms. The first-order chi connectivity index (χ1) is 5.22. The van der Waals surface area contributed by atoms with Crippen LogP contribution in [0.25, 0.3) is 0 Å². The van der Waals surface area contributed by atoms with Crippen LogP contribution >= 0.6 is 0 Å². The molecule has 0 amide bonds. The van der Waals surface area contributed by atoms with Gasteiger partial charge in [-0.15, -0.1) is 0 Å². The Balaban J connectivity index is 3.36. The fourth-order valence-electron chi connectivity index (χ4n) is 0.857. The number of hydrogen-bond donors (Lipinski definition) is 2. The van der Waals surface area contributed by atoms with E-state index in [9.17, 15) is 0 Å². The summed E-state index contributed by atoms with van der Waals surface area (Å²) in [6, 6.07) is 0.199. The normalized spacial score (nSPS) is 13.9. The van der Waals surface area contributed by atoms with Crippen LogP contribution in [0.3, 0.4) is 0 Å². The van der Waals surface area contributed by atoms with Crippen molar-refractivity contribution in [2.45, 2.75) is 19.9 Å². The minimum atomic E-state index is 0.196. The summed E-state index contributed by atoms with van der Waals surface area (Å²) in [6.07, 6.45) is 0. The molecule has 0 aliphatic rings. The third-order valence-corrected chi connectivity index (χ3v) is 1.71. The van der Waals surface area contributed by atoms with Gasteiger partial charge in [0.15, 0.2) is 0 Å². The van der Waals surface area contributed by atoms with Gasteiger partial charge in [0.2, 0.25) is 0 Å². The molecule has 0 radical (unpaired) electrons. The number of aliphatic hydroxyl groups excluding tert-OH is 1. The minimum absolute atomic E-state index is 0.196. The third-order valence-electron chi connectivity index (χ3n) is 1.71. The van der Waals surface area contributed by atoms with Crippen LogP contribution in [-0.2, 0) is 4.74 Å². The molecule has 0 rings (SSSR count). The number of methoxy groups -OCH3 is 1. The average molecular weight is 161 g/mol. The van der Waals surface area contributed by atoms with E-state index in [-0.39, 0.29) is 12.6 Å². The first kappa shape index (κ1) is 10.9. The van der Waals surface area contributed by atoms with Gasteiger partial charge in [0.05, 0.1) is 13.2 Å². The van der Waals surface area contributed by atoms with Gasteiger partial charge in [0, 0.05) is 19.7 Å². The average Bonchev–Trinajstić information content (AvgIpc) is 1.97. The molecular weight excluding hydrogens is 142 g/mol. The largest absolute Gasteiger partial charge is 0.395 e. The molecule has 3 nitrogen and oxygen atoms in total. The maximum absolute atomic E-state index is 8.89. The predicted molar refractivity (Wildman–Crippen MR) is 45.6 cm³/mol. The molecule has 1 atom stereocenters. The second kappa shape index (κ2) is 6.58. The summed E-state index contributed by atoms with van der Waals surface area (Å²) in [7, 11) is 1.67. The molecule has 11 heavy (non-hydrogen) atoms. The first-order valence-electron chi connectivity index (χ1n) is 4.05. The zero-order valence-corrected chi connectivity index (χ0v) is 7.63. The molecule has 0 fully saturated rings. The van der Waals surface area contributed by atoms with Gasteiger partial charge in [0.1, 0.15) is 0 Å². The topological polar surface area (TPSA) is 41.5 Å². The molecule has 0 aromatic heterocycles. The highest BCUT2D eigenvalue weighted by Gasteiger charge is 2.09. The van der Waals surface area contributed by atoms with E-state index in [1.807, 2.05) is 0 Å². The number of hydrogen-bond acceptors (Lipinski definition) is 3. The van der Waals surface area contributed by atoms with Crippen LogP contribution < -0.4 is 5.32 Å². The van der Waals surface area contributed by atoms with E-state index in [0.717, 1.165) is 6.54 Å². The van der Waals surface area contributed by atoms with E-state index in [2.05, 4.69) is 19.2 Å². The fourth-order valence-corrected chi connectivity index (χ4v) is 0.857. The van der Waals surface area contributed by atoms with Crippen molar-refractivity contribution in [2.75, 3.05) is 26.9 Å². The molecule has 68 valence electrons. The van der Waals surface area contributed by atoms with Gasteiger partial charge < -0.3 is 15.2 Å². The van der Waals surface area contributed by atoms with Crippen molar-refractivity contribution in [3.05, 3.63) is 0 Å². The molecular formula is C8H19NO2. The summed E-state index contributed by atoms with van der Waals surface area (Å²) in [5.41, 5.74) is 0. The molecule has 0 unspecified atom stereocenters. The highest BCUT2D eigenvalue weighted by Crippen LogP contribution is 1.98. The van der Waals surface area contributed by atoms with Gasteiger partial charge in [0.25, 0.3) is 0 Å². The summed E-state index contributed by atoms with van der Waals surface area (Å²) < 4.78 is 4.87. The van der Waals surface area contributed by atoms with Crippen LogP contribution in [0.2, 0.25) is 0 Å². The minimum Gasteiger partial charge on any atom is -0.395 e. The van der Waals surface area contributed by atoms with Gasteiger partial charge in [-0.25, -0.2) is 0 Å². The SMILES string of the molecule is COCCN[C@H](CO)C(C)C. The first-order valence-corrected chi connectivity index (χ1v) is 4.05. The molecule has 0 aromatic carbocycles. The summed E-state index contributed by atoms with van der Waals surface area (Å²) in [6.45, 7) is 5.87. The summed E-state index contributed by atoms with van der Waals surface area (Å²) >= 11 is 0. The smallest absolute Gasteiger partial charge is 0.0587 e. The van der Waals surface area contributed by atoms with Gasteiger partial charge in [-0.2, -0.15) is 0 Å². The van der Waals surface area contributed by atoms with Gasteiger partial charge in [-0.05, 0) is 5.92 Å². The standard InChI is InChI=1S/C8H19NO2/c1-7(2)8(6-10)9-4-5-11-3/h7-10H,4-6H2,1-3H3/t8-/m1/s1. The van der Waals surface area contributed by atoms with Crippen LogP contribution in [0.1, 0.15) is 13.8 Å². The van der Waals surface area contributed by atoms with Crippen LogP contribution in [0, 0.1) is 5.92 Å². The van der Waals surface area contributed by atoms with Crippen LogP contribution in [0.5, 0.6) is 0 Å². The Hall–Kier alpha value is -0.120. The zero-order valence-electron chi connectivity index (χ0n) is 7.63. The summed E-state index contributed by atoms with van der Waals surface area (Å²) in [4.78, 5) is 0. The molecule has 0 bridgehead atoms. The lowest BCUT2D eigenvalue weighted by Crippen LogP contribution is -2.38. The van der Waals surface area contributed by atoms with Crippen molar-refractivity contribution in [1.82, 2.24) is 5.32 Å². The van der Waals surface area contributed by atoms with E-state index in [1.165, 1.54) is 0 Å². The molecule has 2 N–H and O–H groups in total. The fraction of sp³-hybridized carbons (Fsp3) is 1.00. The Labute approximate surface area is 68.8 Å². The molecule has 0 aromatic rings. The van der Waals surface area contributed by atoms with E-state index in [4.69, 9.17) is 9.84 Å². The summed E-state index contributed by atoms with van der Waals surface area (Å²) in [5, 5.41) is 12.1. The lowest BCUT2D eigenvalue weighted by atomic mass is 10.1. The van der Waals surface area contributed by atoms with E-state index < -0.39 is 0 Å². The van der Waals surface area contributed by atoms with Gasteiger partial charge in [-0.3, -0.25) is 0 Å². The Bertz CT molecular complexity index is 86.2. The molecule has 0 aliphatic carbocycles. The van der Waals surface area contributed by atoms with Crippen LogP contribution in [0.15, 0.2) is 0 Å². The van der Waals surface area contributed by atoms with Crippen LogP contribution in [-0.4, -0.2) is 38.0 Å². The maximum atomic E-state index is 8.89. The van der Waals surface area contributed by atoms with Crippen molar-refractivity contribution >= 4 is 0 Å². The van der Waals surface area contributed by atoms with Crippen molar-refractivity contribution in [2.24, 2.45) is 5.92 Å². The second-order valence-corrected chi connectivity index (χ2v) is 2.98. The molecule has 0 aliphatic heterocycles. The molecule has 0 saturated heterocycles. The lowest BCUT2D eigenvalue weighted by Gasteiger charge is -2.19. The highest BCUT2D eigenvalue weighted by atomic mass is 16.5. The van der Waals surface area contributed by atoms with Gasteiger partial charge in [-0.1, -0.05) is 13.8 Å². The highest BCUT2D eigenvalue weighted by molar-refractivity contribution is 4.68. The van der Waals surface area contributed by atoms with Crippen molar-refractivity contribution in [1.29, 1.82) is 0 Å². The summed E-state index contributed by atoms with van der Waals surface area (Å²) in [5.74, 6) is 0.469. The number of rotatable bonds is 6. The Morgan fingerprint density at radius 1 is 1.45 bits per heavy atom. The van der Waals surface area contributed by atoms with E-state index in [0.29, 0.717) is 12.5 Å². The Morgan fingerprint density at radius 2 is 2.09 bits per heavy atom. The van der Waals surface area contributed by atoms with E-state index in [1.54, 1.807) is 7.11 Å². The zero-order chi connectivity index (χ0) is 8.69. The molecule has 0 heterocycles. The van der Waals surface area contributed by atoms with Gasteiger partial charge >= 0.3 is 0 Å². The second-order valence-electron chi connectivity index (χ2n) is 2.98. The third kappa shape index (κ3) is 5.18. The number of nitrogens with one attached hydrogen (secondary N) is 1. The maximum Gasteiger partial charge on any atom is 0.0587 e.